The topological polar surface area (TPSA) is 94.2 Å². The van der Waals surface area contributed by atoms with Gasteiger partial charge in [-0.15, -0.1) is 0 Å². The molecular formula is C19H24N3O5S+. The van der Waals surface area contributed by atoms with E-state index in [4.69, 9.17) is 4.74 Å². The van der Waals surface area contributed by atoms with E-state index < -0.39 is 14.9 Å². The van der Waals surface area contributed by atoms with Crippen molar-refractivity contribution in [1.82, 2.24) is 4.31 Å². The second-order valence-corrected chi connectivity index (χ2v) is 8.99. The highest BCUT2D eigenvalue weighted by Crippen LogP contribution is 2.35. The lowest BCUT2D eigenvalue weighted by Crippen LogP contribution is -3.12. The van der Waals surface area contributed by atoms with E-state index in [1.54, 1.807) is 12.1 Å². The van der Waals surface area contributed by atoms with Crippen molar-refractivity contribution in [3.8, 4) is 11.5 Å². The van der Waals surface area contributed by atoms with Gasteiger partial charge in [0, 0.05) is 6.07 Å². The normalized spacial score (nSPS) is 16.1. The third-order valence-corrected chi connectivity index (χ3v) is 7.01. The fourth-order valence-corrected chi connectivity index (χ4v) is 4.56. The van der Waals surface area contributed by atoms with Crippen molar-refractivity contribution >= 4 is 15.7 Å². The number of sulfonamides is 1. The summed E-state index contributed by atoms with van der Waals surface area (Å²) in [4.78, 5) is 12.1. The fraction of sp³-hybridized carbons (Fsp3) is 0.368. The smallest absolute Gasteiger partial charge is 0.312 e. The minimum absolute atomic E-state index is 0.0143. The van der Waals surface area contributed by atoms with Gasteiger partial charge in [0.1, 0.15) is 5.75 Å². The predicted molar refractivity (Wildman–Crippen MR) is 104 cm³/mol. The first-order valence-electron chi connectivity index (χ1n) is 9.04. The van der Waals surface area contributed by atoms with E-state index in [1.807, 2.05) is 27.0 Å². The summed E-state index contributed by atoms with van der Waals surface area (Å²) in [5.74, 6) is 0.515. The first-order valence-corrected chi connectivity index (χ1v) is 10.5. The Morgan fingerprint density at radius 2 is 1.79 bits per heavy atom. The molecule has 8 nitrogen and oxygen atoms in total. The number of nitro benzene ring substituents is 1. The maximum absolute atomic E-state index is 12.9. The Hall–Kier alpha value is -2.49. The van der Waals surface area contributed by atoms with Crippen LogP contribution in [0.25, 0.3) is 0 Å². The zero-order chi connectivity index (χ0) is 20.5. The number of likely N-dealkylation sites (N-methyl/N-ethyl adjacent to an activating group) is 1. The average Bonchev–Trinajstić information content (AvgIpc) is 2.66. The quantitative estimate of drug-likeness (QED) is 0.600. The fourth-order valence-electron chi connectivity index (χ4n) is 3.10. The number of nitrogens with zero attached hydrogens (tertiary/aromatic N) is 2. The van der Waals surface area contributed by atoms with Crippen molar-refractivity contribution in [2.75, 3.05) is 33.2 Å². The number of nitrogens with one attached hydrogen (secondary N) is 1. The van der Waals surface area contributed by atoms with Crippen LogP contribution < -0.4 is 9.64 Å². The molecule has 0 aromatic heterocycles. The monoisotopic (exact) mass is 406 g/mol. The third-order valence-electron chi connectivity index (χ3n) is 5.12. The number of hydrogen-bond acceptors (Lipinski definition) is 5. The molecule has 1 N–H and O–H groups in total. The van der Waals surface area contributed by atoms with Gasteiger partial charge in [-0.3, -0.25) is 10.1 Å². The number of quaternary nitrogens is 1. The molecule has 150 valence electrons. The molecule has 0 atom stereocenters. The highest BCUT2D eigenvalue weighted by atomic mass is 32.2. The van der Waals surface area contributed by atoms with Crippen molar-refractivity contribution in [1.29, 1.82) is 0 Å². The van der Waals surface area contributed by atoms with Gasteiger partial charge >= 0.3 is 5.69 Å². The second kappa shape index (κ2) is 7.86. The molecule has 0 radical (unpaired) electrons. The van der Waals surface area contributed by atoms with Crippen molar-refractivity contribution in [3.63, 3.8) is 0 Å². The highest BCUT2D eigenvalue weighted by Gasteiger charge is 2.31. The van der Waals surface area contributed by atoms with Gasteiger partial charge in [0.2, 0.25) is 15.8 Å². The molecule has 0 bridgehead atoms. The minimum atomic E-state index is -3.79. The van der Waals surface area contributed by atoms with E-state index in [2.05, 4.69) is 0 Å². The molecule has 9 heteroatoms. The van der Waals surface area contributed by atoms with Crippen LogP contribution in [0.5, 0.6) is 11.5 Å². The van der Waals surface area contributed by atoms with Crippen LogP contribution in [0.15, 0.2) is 41.3 Å². The Bertz CT molecular complexity index is 999. The molecule has 1 aliphatic heterocycles. The molecule has 2 aromatic carbocycles. The Morgan fingerprint density at radius 1 is 1.11 bits per heavy atom. The van der Waals surface area contributed by atoms with Crippen LogP contribution in [0.2, 0.25) is 0 Å². The maximum Gasteiger partial charge on any atom is 0.312 e. The van der Waals surface area contributed by atoms with Crippen LogP contribution in [-0.4, -0.2) is 50.9 Å². The molecule has 28 heavy (non-hydrogen) atoms. The first kappa shape index (κ1) is 20.2. The lowest BCUT2D eigenvalue weighted by atomic mass is 10.1. The number of hydrogen-bond donors (Lipinski definition) is 1. The summed E-state index contributed by atoms with van der Waals surface area (Å²) in [6.07, 6.45) is 0. The molecule has 1 aliphatic rings. The Balaban J connectivity index is 1.95. The lowest BCUT2D eigenvalue weighted by Gasteiger charge is -2.29. The average molecular weight is 406 g/mol. The van der Waals surface area contributed by atoms with Crippen LogP contribution in [0.4, 0.5) is 5.69 Å². The van der Waals surface area contributed by atoms with Gasteiger partial charge < -0.3 is 9.64 Å². The molecule has 0 unspecified atom stereocenters. The summed E-state index contributed by atoms with van der Waals surface area (Å²) < 4.78 is 32.9. The largest absolute Gasteiger partial charge is 0.450 e. The Morgan fingerprint density at radius 3 is 2.43 bits per heavy atom. The molecule has 0 saturated carbocycles. The first-order chi connectivity index (χ1) is 13.2. The number of benzene rings is 2. The molecule has 1 fully saturated rings. The van der Waals surface area contributed by atoms with Crippen LogP contribution >= 0.6 is 0 Å². The molecular weight excluding hydrogens is 382 g/mol. The van der Waals surface area contributed by atoms with E-state index in [0.29, 0.717) is 31.9 Å². The zero-order valence-corrected chi connectivity index (χ0v) is 17.0. The summed E-state index contributed by atoms with van der Waals surface area (Å²) >= 11 is 0. The molecule has 1 saturated heterocycles. The van der Waals surface area contributed by atoms with E-state index in [0.717, 1.165) is 17.2 Å². The van der Waals surface area contributed by atoms with Gasteiger partial charge in [0.15, 0.2) is 0 Å². The van der Waals surface area contributed by atoms with Crippen molar-refractivity contribution in [3.05, 3.63) is 57.6 Å². The highest BCUT2D eigenvalue weighted by molar-refractivity contribution is 7.89. The number of rotatable bonds is 5. The second-order valence-electron chi connectivity index (χ2n) is 7.05. The van der Waals surface area contributed by atoms with E-state index in [9.17, 15) is 18.5 Å². The van der Waals surface area contributed by atoms with Crippen LogP contribution in [0, 0.1) is 24.0 Å². The van der Waals surface area contributed by atoms with E-state index in [1.165, 1.54) is 21.3 Å². The van der Waals surface area contributed by atoms with Crippen molar-refractivity contribution in [2.24, 2.45) is 0 Å². The molecule has 0 amide bonds. The van der Waals surface area contributed by atoms with Crippen LogP contribution in [0.1, 0.15) is 11.1 Å². The van der Waals surface area contributed by atoms with Crippen molar-refractivity contribution < 1.29 is 23.0 Å². The molecule has 2 aromatic rings. The maximum atomic E-state index is 12.9. The minimum Gasteiger partial charge on any atom is -0.450 e. The van der Waals surface area contributed by atoms with Crippen LogP contribution in [0.3, 0.4) is 0 Å². The van der Waals surface area contributed by atoms with E-state index >= 15 is 0 Å². The lowest BCUT2D eigenvalue weighted by molar-refractivity contribution is -0.883. The number of ether oxygens (including phenoxy) is 1. The Kier molecular flexibility index (Phi) is 5.69. The summed E-state index contributed by atoms with van der Waals surface area (Å²) in [5.41, 5.74) is 1.49. The van der Waals surface area contributed by atoms with E-state index in [-0.39, 0.29) is 16.3 Å². The van der Waals surface area contributed by atoms with Gasteiger partial charge in [-0.2, -0.15) is 4.31 Å². The molecule has 1 heterocycles. The summed E-state index contributed by atoms with van der Waals surface area (Å²) in [6, 6.07) is 9.26. The van der Waals surface area contributed by atoms with Gasteiger partial charge in [-0.05, 0) is 43.2 Å². The van der Waals surface area contributed by atoms with Gasteiger partial charge in [-0.25, -0.2) is 8.42 Å². The summed E-state index contributed by atoms with van der Waals surface area (Å²) in [6.45, 7) is 5.98. The van der Waals surface area contributed by atoms with Gasteiger partial charge in [0.25, 0.3) is 0 Å². The Labute approximate surface area is 164 Å². The molecule has 3 rings (SSSR count). The van der Waals surface area contributed by atoms with Gasteiger partial charge in [0.05, 0.1) is 43.0 Å². The summed E-state index contributed by atoms with van der Waals surface area (Å²) in [7, 11) is -1.78. The standard InChI is InChI=1S/C19H23N3O5S/c1-14-5-4-6-18(15(14)2)27-19-8-7-16(13-17(19)22(23)24)28(25,26)21-11-9-20(3)10-12-21/h4-8,13H,9-12H2,1-3H3/p+1. The predicted octanol–water partition coefficient (Wildman–Crippen LogP) is 1.52. The SMILES string of the molecule is Cc1cccc(Oc2ccc(S(=O)(=O)N3CC[NH+](C)CC3)cc2[N+](=O)[O-])c1C. The van der Waals surface area contributed by atoms with Crippen molar-refractivity contribution in [2.45, 2.75) is 18.7 Å². The van der Waals surface area contributed by atoms with Gasteiger partial charge in [-0.1, -0.05) is 12.1 Å². The molecule has 0 spiro atoms. The van der Waals surface area contributed by atoms with Crippen LogP contribution in [-0.2, 0) is 10.0 Å². The number of nitro groups is 1. The number of piperazine rings is 1. The summed E-state index contributed by atoms with van der Waals surface area (Å²) in [5, 5.41) is 11.6. The molecule has 0 aliphatic carbocycles. The third kappa shape index (κ3) is 4.01. The zero-order valence-electron chi connectivity index (χ0n) is 16.1. The number of aryl methyl sites for hydroxylation is 1.